The molecule has 4 heterocycles. The summed E-state index contributed by atoms with van der Waals surface area (Å²) < 4.78 is 42.8. The highest BCUT2D eigenvalue weighted by atomic mass is 32.3. The number of carbonyl (C=O) groups is 8. The molecule has 30 heteroatoms. The van der Waals surface area contributed by atoms with E-state index in [0.717, 1.165) is 57.2 Å². The van der Waals surface area contributed by atoms with Gasteiger partial charge >= 0.3 is 16.5 Å². The fourth-order valence-corrected chi connectivity index (χ4v) is 11.7. The smallest absolute Gasteiger partial charge is 0.446 e. The molecule has 14 N–H and O–H groups in total. The lowest BCUT2D eigenvalue weighted by atomic mass is 9.98. The van der Waals surface area contributed by atoms with E-state index >= 15 is 4.79 Å². The lowest BCUT2D eigenvalue weighted by Gasteiger charge is -2.36. The number of carbonyl (C=O) groups excluding carboxylic acids is 8. The van der Waals surface area contributed by atoms with Crippen molar-refractivity contribution in [2.24, 2.45) is 11.7 Å². The molecule has 2 unspecified atom stereocenters. The first-order valence-corrected chi connectivity index (χ1v) is 28.6. The van der Waals surface area contributed by atoms with E-state index < -0.39 is 193 Å². The van der Waals surface area contributed by atoms with Crippen molar-refractivity contribution in [1.82, 2.24) is 40.9 Å². The molecule has 3 aromatic rings. The zero-order valence-electron chi connectivity index (χ0n) is 45.7. The van der Waals surface area contributed by atoms with Gasteiger partial charge in [0.1, 0.15) is 36.8 Å². The van der Waals surface area contributed by atoms with Gasteiger partial charge in [0.2, 0.25) is 41.4 Å². The number of aliphatic hydroxyl groups excluding tert-OH is 6. The minimum Gasteiger partial charge on any atom is -0.504 e. The van der Waals surface area contributed by atoms with Gasteiger partial charge in [-0.05, 0) is 53.3 Å². The van der Waals surface area contributed by atoms with Crippen LogP contribution in [0, 0.1) is 5.92 Å². The number of phenols is 1. The Hall–Kier alpha value is -7.55. The van der Waals surface area contributed by atoms with Gasteiger partial charge in [-0.15, -0.1) is 0 Å². The second-order valence-electron chi connectivity index (χ2n) is 21.8. The average molecular weight is 1200 g/mol. The predicted octanol–water partition coefficient (Wildman–Crippen LogP) is -4.47. The fraction of sp³-hybridized carbons (Fsp3) is 0.519. The van der Waals surface area contributed by atoms with Gasteiger partial charge in [-0.2, -0.15) is 8.42 Å². The van der Waals surface area contributed by atoms with Crippen LogP contribution in [0.4, 0.5) is 4.79 Å². The molecule has 29 nitrogen and oxygen atoms in total. The number of aromatic hydroxyl groups is 1. The van der Waals surface area contributed by atoms with Crippen LogP contribution >= 0.6 is 0 Å². The zero-order valence-corrected chi connectivity index (χ0v) is 46.5. The number of piperazine rings is 1. The Morgan fingerprint density at radius 3 is 1.95 bits per heavy atom. The number of hydrogen-bond donors (Lipinski definition) is 13. The van der Waals surface area contributed by atoms with Crippen molar-refractivity contribution in [1.29, 1.82) is 0 Å². The highest BCUT2D eigenvalue weighted by Gasteiger charge is 2.50. The summed E-state index contributed by atoms with van der Waals surface area (Å²) in [7, 11) is -5.24. The molecule has 8 rings (SSSR count). The van der Waals surface area contributed by atoms with Gasteiger partial charge in [0.05, 0.1) is 49.1 Å². The van der Waals surface area contributed by atoms with Gasteiger partial charge in [0.15, 0.2) is 11.5 Å². The van der Waals surface area contributed by atoms with Gasteiger partial charge in [-0.1, -0.05) is 61.5 Å². The lowest BCUT2D eigenvalue weighted by molar-refractivity contribution is -0.148. The van der Waals surface area contributed by atoms with Crippen LogP contribution in [0.5, 0.6) is 11.5 Å². The van der Waals surface area contributed by atoms with Gasteiger partial charge < -0.3 is 91.3 Å². The van der Waals surface area contributed by atoms with E-state index in [0.29, 0.717) is 0 Å². The van der Waals surface area contributed by atoms with Gasteiger partial charge in [0.25, 0.3) is 0 Å². The van der Waals surface area contributed by atoms with Crippen LogP contribution < -0.4 is 31.2 Å². The number of β-amino-alcohol motifs (C(OH)–C–C–N with tert-alkyl or cyclic N) is 1. The minimum atomic E-state index is -5.24. The predicted molar refractivity (Wildman–Crippen MR) is 290 cm³/mol. The second kappa shape index (κ2) is 26.2. The number of benzene rings is 3. The van der Waals surface area contributed by atoms with E-state index in [4.69, 9.17) is 10.5 Å². The van der Waals surface area contributed by atoms with Crippen LogP contribution in [0.1, 0.15) is 55.7 Å². The van der Waals surface area contributed by atoms with Gasteiger partial charge in [0, 0.05) is 70.5 Å². The first-order chi connectivity index (χ1) is 39.7. The zero-order chi connectivity index (χ0) is 61.1. The molecule has 0 spiro atoms. The Balaban J connectivity index is 1.07. The van der Waals surface area contributed by atoms with Crippen LogP contribution in [0.15, 0.2) is 66.7 Å². The quantitative estimate of drug-likeness (QED) is 0.0805. The summed E-state index contributed by atoms with van der Waals surface area (Å²) in [6.07, 6.45) is -14.1. The molecule has 4 fully saturated rings. The third-order valence-corrected chi connectivity index (χ3v) is 16.1. The molecule has 4 saturated heterocycles. The second-order valence-corrected chi connectivity index (χ2v) is 22.8. The van der Waals surface area contributed by atoms with E-state index in [-0.39, 0.29) is 44.3 Å². The van der Waals surface area contributed by atoms with Crippen LogP contribution in [-0.4, -0.2) is 241 Å². The molecule has 3 aromatic carbocycles. The number of aliphatic hydroxyl groups is 6. The molecule has 0 aromatic heterocycles. The number of phenolic OH excluding ortho intramolecular Hbond substituents is 1. The first kappa shape index (κ1) is 62.5. The third-order valence-electron chi connectivity index (χ3n) is 15.8. The van der Waals surface area contributed by atoms with Crippen LogP contribution in [0.3, 0.4) is 0 Å². The number of nitrogens with two attached hydrogens (primary N) is 1. The fourth-order valence-electron chi connectivity index (χ4n) is 11.3. The Labute approximate surface area is 481 Å². The van der Waals surface area contributed by atoms with E-state index in [9.17, 15) is 82.3 Å². The SMILES string of the molecule is C[C@@H](O)C1NC(=O)C(N)C[C@@H](O)CNC(=O)[C@@H]2[C@@H](O)[C@@H](C)CN2C(=O)[C@H]([C@H](O)CC(=O)N2CCN(C(=O)OCC3c4ccccc4-c4ccccc43)CC2)NC(=O)[C@H]([C@H](O)Cc2ccc(O)c(OS(=O)(=O)O)c2)NC(=O)[C@@H]2C[C@@H](O)CN2C1=O. The molecular weight excluding hydrogens is 1130 g/mol. The first-order valence-electron chi connectivity index (χ1n) is 27.2. The molecule has 1 aliphatic carbocycles. The Kier molecular flexibility index (Phi) is 19.5. The molecule has 0 bridgehead atoms. The molecule has 4 aliphatic heterocycles. The Bertz CT molecular complexity index is 3060. The van der Waals surface area contributed by atoms with E-state index in [1.165, 1.54) is 16.7 Å². The van der Waals surface area contributed by atoms with Crippen molar-refractivity contribution in [2.75, 3.05) is 52.4 Å². The standard InChI is InChI=1S/C54H69N9O20S/c1-26-23-63-46(47(26)71)51(75)56-22-29(65)19-36(55)48(72)57-43(27(2)64)52(76)62-24-30(66)20-37(62)49(73)58-44(39(68)17-28-11-12-38(67)41(18-28)83-84(79,80)81)50(74)59-45(53(63)77)40(69)21-42(70)60-13-15-61(16-14-60)54(78)82-25-35-33-9-5-3-7-31(33)32-8-4-6-10-34(32)35/h3-12,18,26-27,29-30,35-37,39-40,43-47,64-69,71H,13-17,19-25,55H2,1-2H3,(H,56,75)(H,57,72)(H,58,73)(H,59,74)(H,79,80,81)/t26-,27+,29+,30+,36?,37-,39+,40+,43?,44-,45-,46-,47-/m0/s1. The Morgan fingerprint density at radius 2 is 1.32 bits per heavy atom. The highest BCUT2D eigenvalue weighted by molar-refractivity contribution is 7.81. The van der Waals surface area contributed by atoms with Crippen molar-refractivity contribution < 1.29 is 96.0 Å². The molecule has 5 aliphatic rings. The van der Waals surface area contributed by atoms with E-state index in [1.807, 2.05) is 48.5 Å². The summed E-state index contributed by atoms with van der Waals surface area (Å²) in [6, 6.07) is 6.93. The molecule has 456 valence electrons. The molecule has 13 atom stereocenters. The van der Waals surface area contributed by atoms with Crippen molar-refractivity contribution >= 4 is 57.8 Å². The largest absolute Gasteiger partial charge is 0.504 e. The molecular formula is C54H69N9O20S. The number of hydrogen-bond acceptors (Lipinski definition) is 20. The summed E-state index contributed by atoms with van der Waals surface area (Å²) in [5.41, 5.74) is 10.0. The molecule has 0 saturated carbocycles. The Morgan fingerprint density at radius 1 is 0.726 bits per heavy atom. The molecule has 0 radical (unpaired) electrons. The normalized spacial score (nSPS) is 27.8. The topological polar surface area (TPSA) is 438 Å². The number of nitrogens with one attached hydrogen (secondary N) is 4. The maximum absolute atomic E-state index is 15.0. The number of amides is 8. The van der Waals surface area contributed by atoms with Crippen molar-refractivity contribution in [3.63, 3.8) is 0 Å². The van der Waals surface area contributed by atoms with Gasteiger partial charge in [-0.25, -0.2) is 4.79 Å². The summed E-state index contributed by atoms with van der Waals surface area (Å²) in [6.45, 7) is 0.799. The monoisotopic (exact) mass is 1200 g/mol. The maximum Gasteiger partial charge on any atom is 0.446 e. The number of ether oxygens (including phenoxy) is 1. The van der Waals surface area contributed by atoms with Crippen molar-refractivity contribution in [3.05, 3.63) is 83.4 Å². The summed E-state index contributed by atoms with van der Waals surface area (Å²) in [4.78, 5) is 118. The van der Waals surface area contributed by atoms with Crippen LogP contribution in [0.25, 0.3) is 11.1 Å². The number of nitrogens with zero attached hydrogens (tertiary/aromatic N) is 4. The average Bonchev–Trinajstić information content (AvgIpc) is 2.85. The maximum atomic E-state index is 15.0. The summed E-state index contributed by atoms with van der Waals surface area (Å²) in [5, 5.41) is 87.4. The summed E-state index contributed by atoms with van der Waals surface area (Å²) >= 11 is 0. The van der Waals surface area contributed by atoms with Gasteiger partial charge in [-0.3, -0.25) is 38.1 Å². The molecule has 84 heavy (non-hydrogen) atoms. The van der Waals surface area contributed by atoms with Crippen molar-refractivity contribution in [2.45, 2.75) is 118 Å². The number of fused-ring (bicyclic) bond motifs is 5. The third kappa shape index (κ3) is 14.2. The van der Waals surface area contributed by atoms with E-state index in [2.05, 4.69) is 25.5 Å². The highest BCUT2D eigenvalue weighted by Crippen LogP contribution is 2.44. The molecule has 8 amide bonds. The van der Waals surface area contributed by atoms with E-state index in [1.54, 1.807) is 0 Å². The lowest BCUT2D eigenvalue weighted by Crippen LogP contribution is -2.64. The van der Waals surface area contributed by atoms with Crippen LogP contribution in [-0.2, 0) is 55.1 Å². The number of rotatable bonds is 11. The minimum absolute atomic E-state index is 0.0180. The van der Waals surface area contributed by atoms with Crippen molar-refractivity contribution in [3.8, 4) is 22.6 Å². The van der Waals surface area contributed by atoms with Crippen LogP contribution in [0.2, 0.25) is 0 Å². The summed E-state index contributed by atoms with van der Waals surface area (Å²) in [5.74, 6) is -10.8.